The van der Waals surface area contributed by atoms with Crippen molar-refractivity contribution in [3.05, 3.63) is 24.0 Å². The minimum absolute atomic E-state index is 0.0864. The van der Waals surface area contributed by atoms with Crippen LogP contribution in [-0.4, -0.2) is 12.2 Å². The summed E-state index contributed by atoms with van der Waals surface area (Å²) in [6.45, 7) is 0. The Morgan fingerprint density at radius 1 is 1.55 bits per heavy atom. The fourth-order valence-electron chi connectivity index (χ4n) is 0.743. The first-order valence-corrected chi connectivity index (χ1v) is 3.96. The van der Waals surface area contributed by atoms with Gasteiger partial charge in [-0.15, -0.1) is 0 Å². The van der Waals surface area contributed by atoms with Crippen molar-refractivity contribution >= 4 is 28.6 Å². The third kappa shape index (κ3) is 1.95. The molecule has 0 aromatic heterocycles. The molecule has 2 nitrogen and oxygen atoms in total. The summed E-state index contributed by atoms with van der Waals surface area (Å²) in [6.07, 6.45) is 0. The molecule has 0 spiro atoms. The van der Waals surface area contributed by atoms with E-state index >= 15 is 0 Å². The topological polar surface area (TPSA) is 23.5 Å². The third-order valence-corrected chi connectivity index (χ3v) is 1.79. The average Bonchev–Trinajstić information content (AvgIpc) is 1.94. The molecule has 0 radical (unpaired) electrons. The van der Waals surface area contributed by atoms with Crippen LogP contribution in [0.15, 0.2) is 18.2 Å². The van der Waals surface area contributed by atoms with E-state index in [0.29, 0.717) is 5.69 Å². The molecule has 60 valence electrons. The normalized spacial score (nSPS) is 9.73. The molecule has 0 heterocycles. The lowest BCUT2D eigenvalue weighted by Crippen LogP contribution is -1.99. The molecule has 11 heavy (non-hydrogen) atoms. The van der Waals surface area contributed by atoms with Crippen LogP contribution in [0.25, 0.3) is 0 Å². The number of benzene rings is 1. The monoisotopic (exact) mass is 267 g/mol. The molecule has 0 atom stereocenters. The second-order valence-electron chi connectivity index (χ2n) is 2.11. The lowest BCUT2D eigenvalue weighted by molar-refractivity contribution is 0.475. The van der Waals surface area contributed by atoms with Gasteiger partial charge in [0, 0.05) is 13.1 Å². The molecule has 0 saturated carbocycles. The van der Waals surface area contributed by atoms with Gasteiger partial charge in [-0.1, -0.05) is 0 Å². The van der Waals surface area contributed by atoms with Crippen molar-refractivity contribution in [3.63, 3.8) is 0 Å². The van der Waals surface area contributed by atoms with Gasteiger partial charge in [0.1, 0.15) is 11.6 Å². The van der Waals surface area contributed by atoms with Crippen molar-refractivity contribution < 1.29 is 9.50 Å². The maximum atomic E-state index is 12.6. The van der Waals surface area contributed by atoms with Crippen LogP contribution in [0.1, 0.15) is 0 Å². The van der Waals surface area contributed by atoms with E-state index in [9.17, 15) is 9.50 Å². The minimum atomic E-state index is -0.346. The molecular weight excluding hydrogens is 260 g/mol. The fraction of sp³-hybridized carbons (Fsp3) is 0.143. The molecule has 0 aliphatic carbocycles. The van der Waals surface area contributed by atoms with Gasteiger partial charge in [-0.2, -0.15) is 0 Å². The van der Waals surface area contributed by atoms with Gasteiger partial charge >= 0.3 is 0 Å². The molecule has 0 fully saturated rings. The highest BCUT2D eigenvalue weighted by Gasteiger charge is 2.04. The Kier molecular flexibility index (Phi) is 2.53. The van der Waals surface area contributed by atoms with E-state index in [4.69, 9.17) is 0 Å². The quantitative estimate of drug-likeness (QED) is 0.623. The standard InChI is InChI=1S/C7H7FINO/c1-10(9)6-4-5(8)2-3-7(6)11/h2-4,11H,1H3. The Hall–Kier alpha value is -0.520. The molecule has 1 aromatic carbocycles. The summed E-state index contributed by atoms with van der Waals surface area (Å²) in [7, 11) is 1.73. The fourth-order valence-corrected chi connectivity index (χ4v) is 1.13. The summed E-state index contributed by atoms with van der Waals surface area (Å²) < 4.78 is 14.2. The highest BCUT2D eigenvalue weighted by atomic mass is 127. The molecule has 1 N–H and O–H groups in total. The molecule has 0 saturated heterocycles. The lowest BCUT2D eigenvalue weighted by atomic mass is 10.3. The van der Waals surface area contributed by atoms with E-state index < -0.39 is 0 Å². The van der Waals surface area contributed by atoms with Gasteiger partial charge in [-0.25, -0.2) is 4.39 Å². The van der Waals surface area contributed by atoms with E-state index in [-0.39, 0.29) is 11.6 Å². The van der Waals surface area contributed by atoms with E-state index in [1.165, 1.54) is 18.2 Å². The molecule has 1 rings (SSSR count). The van der Waals surface area contributed by atoms with Crippen LogP contribution in [0.5, 0.6) is 5.75 Å². The Morgan fingerprint density at radius 3 is 2.64 bits per heavy atom. The zero-order valence-electron chi connectivity index (χ0n) is 5.88. The highest BCUT2D eigenvalue weighted by Crippen LogP contribution is 2.28. The van der Waals surface area contributed by atoms with E-state index in [1.54, 1.807) is 10.2 Å². The first kappa shape index (κ1) is 8.58. The van der Waals surface area contributed by atoms with Crippen molar-refractivity contribution in [2.45, 2.75) is 0 Å². The Balaban J connectivity index is 3.13. The predicted molar refractivity (Wildman–Crippen MR) is 50.5 cm³/mol. The number of phenols is 1. The molecular formula is C7H7FINO. The van der Waals surface area contributed by atoms with E-state index in [0.717, 1.165) is 0 Å². The molecule has 4 heteroatoms. The molecule has 0 aliphatic heterocycles. The highest BCUT2D eigenvalue weighted by molar-refractivity contribution is 14.1. The predicted octanol–water partition coefficient (Wildman–Crippen LogP) is 2.32. The number of aromatic hydroxyl groups is 1. The van der Waals surface area contributed by atoms with Gasteiger partial charge in [-0.05, 0) is 12.1 Å². The van der Waals surface area contributed by atoms with Crippen LogP contribution < -0.4 is 3.11 Å². The summed E-state index contributed by atoms with van der Waals surface area (Å²) in [5.74, 6) is -0.260. The summed E-state index contributed by atoms with van der Waals surface area (Å²) in [5.41, 5.74) is 0.477. The third-order valence-electron chi connectivity index (χ3n) is 1.27. The minimum Gasteiger partial charge on any atom is -0.506 e. The summed E-state index contributed by atoms with van der Waals surface area (Å²) in [4.78, 5) is 0. The van der Waals surface area contributed by atoms with Crippen LogP contribution in [0, 0.1) is 5.82 Å². The van der Waals surface area contributed by atoms with Crippen LogP contribution >= 0.6 is 22.9 Å². The number of halogens is 2. The van der Waals surface area contributed by atoms with Gasteiger partial charge in [-0.3, -0.25) is 0 Å². The smallest absolute Gasteiger partial charge is 0.139 e. The number of hydrogen-bond donors (Lipinski definition) is 1. The molecule has 0 aliphatic rings. The van der Waals surface area contributed by atoms with Gasteiger partial charge in [0.15, 0.2) is 0 Å². The van der Waals surface area contributed by atoms with Crippen LogP contribution in [0.4, 0.5) is 10.1 Å². The van der Waals surface area contributed by atoms with Crippen LogP contribution in [0.2, 0.25) is 0 Å². The van der Waals surface area contributed by atoms with Gasteiger partial charge < -0.3 is 8.22 Å². The van der Waals surface area contributed by atoms with Crippen LogP contribution in [-0.2, 0) is 0 Å². The zero-order chi connectivity index (χ0) is 8.43. The molecule has 0 bridgehead atoms. The van der Waals surface area contributed by atoms with Crippen molar-refractivity contribution in [2.24, 2.45) is 0 Å². The van der Waals surface area contributed by atoms with Gasteiger partial charge in [0.25, 0.3) is 0 Å². The molecule has 0 unspecified atom stereocenters. The van der Waals surface area contributed by atoms with Gasteiger partial charge in [0.2, 0.25) is 0 Å². The average molecular weight is 267 g/mol. The zero-order valence-corrected chi connectivity index (χ0v) is 8.04. The van der Waals surface area contributed by atoms with Crippen molar-refractivity contribution in [1.82, 2.24) is 0 Å². The largest absolute Gasteiger partial charge is 0.506 e. The summed E-state index contributed by atoms with van der Waals surface area (Å²) in [6, 6.07) is 3.83. The maximum absolute atomic E-state index is 12.6. The molecule has 0 amide bonds. The number of rotatable bonds is 1. The lowest BCUT2D eigenvalue weighted by Gasteiger charge is -2.10. The number of anilines is 1. The second kappa shape index (κ2) is 3.25. The maximum Gasteiger partial charge on any atom is 0.139 e. The number of hydrogen-bond acceptors (Lipinski definition) is 2. The number of phenolic OH excluding ortho intramolecular Hbond substituents is 1. The summed E-state index contributed by atoms with van der Waals surface area (Å²) >= 11 is 1.96. The van der Waals surface area contributed by atoms with E-state index in [2.05, 4.69) is 0 Å². The first-order chi connectivity index (χ1) is 5.11. The Bertz CT molecular complexity index is 265. The van der Waals surface area contributed by atoms with Crippen LogP contribution in [0.3, 0.4) is 0 Å². The molecule has 1 aromatic rings. The second-order valence-corrected chi connectivity index (χ2v) is 3.56. The van der Waals surface area contributed by atoms with Gasteiger partial charge in [0.05, 0.1) is 28.6 Å². The Morgan fingerprint density at radius 2 is 2.18 bits per heavy atom. The van der Waals surface area contributed by atoms with Crippen molar-refractivity contribution in [2.75, 3.05) is 10.2 Å². The van der Waals surface area contributed by atoms with Crippen molar-refractivity contribution in [1.29, 1.82) is 0 Å². The van der Waals surface area contributed by atoms with E-state index in [1.807, 2.05) is 22.9 Å². The number of nitrogens with zero attached hydrogens (tertiary/aromatic N) is 1. The SMILES string of the molecule is CN(I)c1cc(F)ccc1O. The van der Waals surface area contributed by atoms with Crippen molar-refractivity contribution in [3.8, 4) is 5.75 Å². The first-order valence-electron chi connectivity index (χ1n) is 2.99. The summed E-state index contributed by atoms with van der Waals surface area (Å²) in [5, 5.41) is 9.19. The Labute approximate surface area is 78.1 Å².